The van der Waals surface area contributed by atoms with E-state index in [1.165, 1.54) is 0 Å². The summed E-state index contributed by atoms with van der Waals surface area (Å²) in [7, 11) is 3.44. The second kappa shape index (κ2) is 15.9. The van der Waals surface area contributed by atoms with Gasteiger partial charge < -0.3 is 40.6 Å². The van der Waals surface area contributed by atoms with Gasteiger partial charge in [0.2, 0.25) is 5.95 Å². The minimum absolute atomic E-state index is 0. The molecule has 0 bridgehead atoms. The molecule has 1 aromatic heterocycles. The molecule has 0 radical (unpaired) electrons. The highest BCUT2D eigenvalue weighted by Crippen LogP contribution is 2.28. The summed E-state index contributed by atoms with van der Waals surface area (Å²) in [5.74, 6) is 0.424. The smallest absolute Gasteiger partial charge is 0.410 e. The van der Waals surface area contributed by atoms with Crippen LogP contribution in [-0.4, -0.2) is 76.5 Å². The number of ether oxygens (including phenoxy) is 2. The molecule has 0 atom stereocenters. The maximum atomic E-state index is 11.9. The average Bonchev–Trinajstić information content (AvgIpc) is 3.22. The summed E-state index contributed by atoms with van der Waals surface area (Å²) in [5.41, 5.74) is 13.8. The average molecular weight is 656 g/mol. The largest absolute Gasteiger partial charge is 0.444 e. The zero-order valence-electron chi connectivity index (χ0n) is 27.0. The molecule has 0 saturated heterocycles. The van der Waals surface area contributed by atoms with Crippen molar-refractivity contribution in [3.05, 3.63) is 46.4 Å². The number of nitrogens with two attached hydrogens (primary N) is 2. The Balaban J connectivity index is 0.000000442. The maximum Gasteiger partial charge on any atom is 0.410 e. The summed E-state index contributed by atoms with van der Waals surface area (Å²) in [6.07, 6.45) is 0.829. The lowest BCUT2D eigenvalue weighted by atomic mass is 10.2. The third-order valence-corrected chi connectivity index (χ3v) is 6.67. The Morgan fingerprint density at radius 3 is 1.95 bits per heavy atom. The number of anilines is 3. The number of aromatic nitrogens is 2. The van der Waals surface area contributed by atoms with Gasteiger partial charge in [-0.1, -0.05) is 35.3 Å². The van der Waals surface area contributed by atoms with Gasteiger partial charge in [0.1, 0.15) is 11.2 Å². The monoisotopic (exact) mass is 654 g/mol. The van der Waals surface area contributed by atoms with Gasteiger partial charge in [0.15, 0.2) is 0 Å². The van der Waals surface area contributed by atoms with Crippen molar-refractivity contribution in [2.75, 3.05) is 50.5 Å². The number of nitrogen functional groups attached to an aromatic ring is 2. The maximum absolute atomic E-state index is 11.9. The minimum atomic E-state index is -0.496. The number of fused-ring (bicyclic) bond motifs is 1. The molecule has 44 heavy (non-hydrogen) atoms. The predicted molar refractivity (Wildman–Crippen MR) is 183 cm³/mol. The Kier molecular flexibility index (Phi) is 13.3. The van der Waals surface area contributed by atoms with Crippen LogP contribution < -0.4 is 16.8 Å². The first-order chi connectivity index (χ1) is 20.4. The first-order valence-electron chi connectivity index (χ1n) is 14.5. The predicted octanol–water partition coefficient (Wildman–Crippen LogP) is 7.37. The highest BCUT2D eigenvalue weighted by Gasteiger charge is 2.20. The molecule has 0 saturated carbocycles. The SMILES string of the molecule is CN(CCCNc1c(N)cccc1Cl)C(=O)OC(C)(C)C.CN(CCCn1c(N)nc2cccc(Cl)c21)C(=O)OC(C)(C)C.[2HH]. The van der Waals surface area contributed by atoms with E-state index in [2.05, 4.69) is 10.3 Å². The number of nitrogens with one attached hydrogen (secondary N) is 1. The molecule has 3 rings (SSSR count). The molecule has 13 heteroatoms. The molecule has 2 aromatic carbocycles. The van der Waals surface area contributed by atoms with Gasteiger partial charge >= 0.3 is 12.2 Å². The van der Waals surface area contributed by atoms with Gasteiger partial charge in [0.05, 0.1) is 32.5 Å². The highest BCUT2D eigenvalue weighted by atomic mass is 35.5. The van der Waals surface area contributed by atoms with Crippen molar-refractivity contribution in [2.45, 2.75) is 72.1 Å². The number of hydrogen-bond acceptors (Lipinski definition) is 8. The number of hydrogen-bond donors (Lipinski definition) is 3. The number of benzene rings is 2. The third kappa shape index (κ3) is 11.8. The van der Waals surface area contributed by atoms with Crippen molar-refractivity contribution in [3.63, 3.8) is 0 Å². The zero-order valence-corrected chi connectivity index (χ0v) is 28.6. The van der Waals surface area contributed by atoms with E-state index in [0.29, 0.717) is 47.9 Å². The molecule has 5 N–H and O–H groups in total. The molecule has 0 fully saturated rings. The zero-order chi connectivity index (χ0) is 33.2. The van der Waals surface area contributed by atoms with Gasteiger partial charge in [-0.25, -0.2) is 14.6 Å². The van der Waals surface area contributed by atoms with Crippen molar-refractivity contribution in [3.8, 4) is 0 Å². The van der Waals surface area contributed by atoms with E-state index in [-0.39, 0.29) is 13.6 Å². The molecule has 0 aliphatic rings. The molecule has 1 heterocycles. The molecule has 2 amide bonds. The summed E-state index contributed by atoms with van der Waals surface area (Å²) in [6.45, 7) is 13.5. The number of imidazole rings is 1. The molecule has 0 aliphatic heterocycles. The van der Waals surface area contributed by atoms with E-state index in [9.17, 15) is 9.59 Å². The van der Waals surface area contributed by atoms with Crippen LogP contribution in [0.1, 0.15) is 55.8 Å². The van der Waals surface area contributed by atoms with E-state index in [0.717, 1.165) is 29.6 Å². The summed E-state index contributed by atoms with van der Waals surface area (Å²) in [4.78, 5) is 31.1. The number of nitrogens with zero attached hydrogens (tertiary/aromatic N) is 4. The Labute approximate surface area is 272 Å². The molecule has 0 unspecified atom stereocenters. The third-order valence-electron chi connectivity index (χ3n) is 6.05. The lowest BCUT2D eigenvalue weighted by Crippen LogP contribution is -2.35. The van der Waals surface area contributed by atoms with Gasteiger partial charge in [-0.2, -0.15) is 0 Å². The van der Waals surface area contributed by atoms with Crippen LogP contribution in [0.25, 0.3) is 11.0 Å². The van der Waals surface area contributed by atoms with E-state index in [1.54, 1.807) is 42.1 Å². The number of carbonyl (C=O) groups is 2. The first-order valence-corrected chi connectivity index (χ1v) is 15.2. The quantitative estimate of drug-likeness (QED) is 0.160. The Morgan fingerprint density at radius 2 is 1.41 bits per heavy atom. The Hall–Kier alpha value is -3.57. The molecular weight excluding hydrogens is 605 g/mol. The number of halogens is 2. The highest BCUT2D eigenvalue weighted by molar-refractivity contribution is 6.35. The van der Waals surface area contributed by atoms with Crippen LogP contribution in [0, 0.1) is 0 Å². The molecule has 0 aliphatic carbocycles. The van der Waals surface area contributed by atoms with E-state index >= 15 is 0 Å². The fourth-order valence-electron chi connectivity index (χ4n) is 3.97. The van der Waals surface area contributed by atoms with Crippen molar-refractivity contribution < 1.29 is 20.5 Å². The topological polar surface area (TPSA) is 141 Å². The molecular formula is C31H49Cl2N7O4. The van der Waals surface area contributed by atoms with Gasteiger partial charge in [0.25, 0.3) is 0 Å². The number of amides is 2. The minimum Gasteiger partial charge on any atom is -0.444 e. The van der Waals surface area contributed by atoms with Gasteiger partial charge in [-0.3, -0.25) is 0 Å². The fraction of sp³-hybridized carbons (Fsp3) is 0.516. The molecule has 0 spiro atoms. The van der Waals surface area contributed by atoms with Crippen LogP contribution in [0.15, 0.2) is 36.4 Å². The van der Waals surface area contributed by atoms with Crippen LogP contribution in [0.2, 0.25) is 10.0 Å². The lowest BCUT2D eigenvalue weighted by molar-refractivity contribution is 0.0286. The van der Waals surface area contributed by atoms with Crippen LogP contribution >= 0.6 is 23.2 Å². The fourth-order valence-corrected chi connectivity index (χ4v) is 4.49. The van der Waals surface area contributed by atoms with Gasteiger partial charge in [0, 0.05) is 41.7 Å². The molecule has 3 aromatic rings. The summed E-state index contributed by atoms with van der Waals surface area (Å²) < 4.78 is 12.5. The standard InChI is InChI=1S/C16H23ClN4O2.C15H24ClN3O2.H2/c1-16(2,3)23-15(22)20(4)9-6-10-21-13-11(17)7-5-8-12(13)19-14(21)18;1-15(2,3)21-14(20)19(4)10-6-9-18-13-11(16)7-5-8-12(13)17;/h5,7-8H,6,9-10H2,1-4H3,(H2,18,19);5,7-8,18H,6,9-10,17H2,1-4H3;1H/i;;1+1. The lowest BCUT2D eigenvalue weighted by Gasteiger charge is -2.24. The van der Waals surface area contributed by atoms with Crippen molar-refractivity contribution in [1.82, 2.24) is 19.4 Å². The normalized spacial score (nSPS) is 11.4. The van der Waals surface area contributed by atoms with Crippen molar-refractivity contribution in [2.24, 2.45) is 0 Å². The number of para-hydroxylation sites is 2. The summed E-state index contributed by atoms with van der Waals surface area (Å²) in [6, 6.07) is 10.9. The summed E-state index contributed by atoms with van der Waals surface area (Å²) >= 11 is 12.3. The van der Waals surface area contributed by atoms with Crippen LogP contribution in [0.5, 0.6) is 0 Å². The van der Waals surface area contributed by atoms with E-state index < -0.39 is 11.2 Å². The summed E-state index contributed by atoms with van der Waals surface area (Å²) in [5, 5.41) is 4.40. The van der Waals surface area contributed by atoms with E-state index in [1.807, 2.05) is 64.3 Å². The van der Waals surface area contributed by atoms with Crippen LogP contribution in [0.3, 0.4) is 0 Å². The number of aryl methyl sites for hydroxylation is 1. The Bertz CT molecular complexity index is 1390. The van der Waals surface area contributed by atoms with Gasteiger partial charge in [-0.05, 0) is 78.6 Å². The molecule has 11 nitrogen and oxygen atoms in total. The van der Waals surface area contributed by atoms with Crippen LogP contribution in [0.4, 0.5) is 26.9 Å². The molecule has 246 valence electrons. The first kappa shape index (κ1) is 36.6. The Morgan fingerprint density at radius 1 is 0.886 bits per heavy atom. The van der Waals surface area contributed by atoms with E-state index in [4.69, 9.17) is 44.1 Å². The number of carbonyl (C=O) groups excluding carboxylic acids is 2. The van der Waals surface area contributed by atoms with Gasteiger partial charge in [-0.15, -0.1) is 0 Å². The number of rotatable bonds is 9. The van der Waals surface area contributed by atoms with Crippen molar-refractivity contribution in [1.29, 1.82) is 0 Å². The van der Waals surface area contributed by atoms with Crippen molar-refractivity contribution >= 4 is 63.7 Å². The second-order valence-corrected chi connectivity index (χ2v) is 13.2. The van der Waals surface area contributed by atoms with Crippen LogP contribution in [-0.2, 0) is 16.0 Å². The second-order valence-electron chi connectivity index (χ2n) is 12.4.